The van der Waals surface area contributed by atoms with Crippen molar-refractivity contribution >= 4 is 10.0 Å². The van der Waals surface area contributed by atoms with Gasteiger partial charge in [0.15, 0.2) is 0 Å². The van der Waals surface area contributed by atoms with Gasteiger partial charge in [-0.1, -0.05) is 0 Å². The van der Waals surface area contributed by atoms with Crippen LogP contribution in [0.1, 0.15) is 24.2 Å². The molecule has 0 aliphatic carbocycles. The monoisotopic (exact) mass is 419 g/mol. The SMILES string of the molecule is Cc1nc(C(F)(F)F)ccc1S(=O)(=O)N1CC2(CN(CC3CCOCC3)C2)C1. The van der Waals surface area contributed by atoms with Crippen LogP contribution in [0.2, 0.25) is 0 Å². The number of aromatic nitrogens is 1. The molecule has 1 aromatic rings. The molecule has 28 heavy (non-hydrogen) atoms. The summed E-state index contributed by atoms with van der Waals surface area (Å²) < 4.78 is 70.6. The fourth-order valence-electron chi connectivity index (χ4n) is 4.52. The highest BCUT2D eigenvalue weighted by atomic mass is 32.2. The lowest BCUT2D eigenvalue weighted by Crippen LogP contribution is -2.73. The molecule has 1 spiro atoms. The molecule has 0 N–H and O–H groups in total. The minimum Gasteiger partial charge on any atom is -0.381 e. The van der Waals surface area contributed by atoms with E-state index in [0.717, 1.165) is 57.8 Å². The molecule has 0 atom stereocenters. The highest BCUT2D eigenvalue weighted by molar-refractivity contribution is 7.89. The van der Waals surface area contributed by atoms with Crippen LogP contribution in [-0.4, -0.2) is 68.5 Å². The Morgan fingerprint density at radius 1 is 1.18 bits per heavy atom. The highest BCUT2D eigenvalue weighted by Crippen LogP contribution is 2.43. The lowest BCUT2D eigenvalue weighted by atomic mass is 9.74. The minimum absolute atomic E-state index is 0.00845. The number of nitrogens with zero attached hydrogens (tertiary/aromatic N) is 3. The molecule has 0 amide bonds. The van der Waals surface area contributed by atoms with Gasteiger partial charge in [-0.2, -0.15) is 17.5 Å². The predicted octanol–water partition coefficient (Wildman–Crippen LogP) is 2.14. The van der Waals surface area contributed by atoms with Gasteiger partial charge in [0.05, 0.1) is 5.69 Å². The van der Waals surface area contributed by atoms with Crippen LogP contribution in [0, 0.1) is 18.3 Å². The van der Waals surface area contributed by atoms with Gasteiger partial charge in [-0.3, -0.25) is 0 Å². The first-order chi connectivity index (χ1) is 13.1. The molecule has 4 heterocycles. The van der Waals surface area contributed by atoms with E-state index in [1.165, 1.54) is 11.2 Å². The van der Waals surface area contributed by atoms with Gasteiger partial charge in [0.2, 0.25) is 10.0 Å². The summed E-state index contributed by atoms with van der Waals surface area (Å²) >= 11 is 0. The molecule has 1 aromatic heterocycles. The van der Waals surface area contributed by atoms with Crippen molar-refractivity contribution in [1.82, 2.24) is 14.2 Å². The van der Waals surface area contributed by atoms with Crippen molar-refractivity contribution in [1.29, 1.82) is 0 Å². The molecule has 0 radical (unpaired) electrons. The van der Waals surface area contributed by atoms with Crippen LogP contribution < -0.4 is 0 Å². The van der Waals surface area contributed by atoms with Crippen molar-refractivity contribution in [2.45, 2.75) is 30.8 Å². The van der Waals surface area contributed by atoms with Crippen molar-refractivity contribution in [3.05, 3.63) is 23.5 Å². The molecule has 0 unspecified atom stereocenters. The molecule has 0 saturated carbocycles. The minimum atomic E-state index is -4.59. The second kappa shape index (κ2) is 6.93. The number of halogens is 3. The number of pyridine rings is 1. The summed E-state index contributed by atoms with van der Waals surface area (Å²) in [5.74, 6) is 0.645. The van der Waals surface area contributed by atoms with Crippen LogP contribution in [0.15, 0.2) is 17.0 Å². The predicted molar refractivity (Wildman–Crippen MR) is 95.2 cm³/mol. The molecular formula is C18H24F3N3O3S. The molecule has 3 saturated heterocycles. The zero-order chi connectivity index (χ0) is 20.2. The van der Waals surface area contributed by atoms with Crippen molar-refractivity contribution in [3.63, 3.8) is 0 Å². The van der Waals surface area contributed by atoms with Crippen LogP contribution in [0.5, 0.6) is 0 Å². The maximum Gasteiger partial charge on any atom is 0.433 e. The molecule has 3 aliphatic heterocycles. The molecule has 0 bridgehead atoms. The molecule has 0 aromatic carbocycles. The number of sulfonamides is 1. The summed E-state index contributed by atoms with van der Waals surface area (Å²) in [6.07, 6.45) is -2.44. The Bertz CT molecular complexity index is 839. The van der Waals surface area contributed by atoms with Gasteiger partial charge in [0.25, 0.3) is 0 Å². The van der Waals surface area contributed by atoms with E-state index in [1.807, 2.05) is 0 Å². The third-order valence-corrected chi connectivity index (χ3v) is 7.87. The Kier molecular flexibility index (Phi) is 4.96. The zero-order valence-electron chi connectivity index (χ0n) is 15.7. The van der Waals surface area contributed by atoms with E-state index in [9.17, 15) is 21.6 Å². The maximum absolute atomic E-state index is 12.8. The third-order valence-electron chi connectivity index (χ3n) is 5.94. The lowest BCUT2D eigenvalue weighted by Gasteiger charge is -2.60. The first kappa shape index (κ1) is 20.1. The smallest absolute Gasteiger partial charge is 0.381 e. The van der Waals surface area contributed by atoms with E-state index in [4.69, 9.17) is 4.74 Å². The molecule has 6 nitrogen and oxygen atoms in total. The summed E-state index contributed by atoms with van der Waals surface area (Å²) in [5.41, 5.74) is -1.21. The van der Waals surface area contributed by atoms with Gasteiger partial charge in [-0.25, -0.2) is 13.4 Å². The molecule has 3 fully saturated rings. The summed E-state index contributed by atoms with van der Waals surface area (Å²) in [6.45, 7) is 6.55. The highest BCUT2D eigenvalue weighted by Gasteiger charge is 2.55. The van der Waals surface area contributed by atoms with Crippen LogP contribution in [0.25, 0.3) is 0 Å². The Morgan fingerprint density at radius 2 is 1.82 bits per heavy atom. The third kappa shape index (κ3) is 3.67. The second-order valence-corrected chi connectivity index (χ2v) is 10.2. The molecule has 3 aliphatic rings. The van der Waals surface area contributed by atoms with E-state index < -0.39 is 21.9 Å². The zero-order valence-corrected chi connectivity index (χ0v) is 16.5. The molecule has 4 rings (SSSR count). The molecular weight excluding hydrogens is 395 g/mol. The van der Waals surface area contributed by atoms with E-state index in [0.29, 0.717) is 19.0 Å². The first-order valence-electron chi connectivity index (χ1n) is 9.44. The van der Waals surface area contributed by atoms with Gasteiger partial charge >= 0.3 is 6.18 Å². The fourth-order valence-corrected chi connectivity index (χ4v) is 6.34. The van der Waals surface area contributed by atoms with Gasteiger partial charge < -0.3 is 9.64 Å². The van der Waals surface area contributed by atoms with Crippen molar-refractivity contribution in [3.8, 4) is 0 Å². The summed E-state index contributed by atoms with van der Waals surface area (Å²) in [7, 11) is -3.82. The van der Waals surface area contributed by atoms with Crippen LogP contribution in [0.3, 0.4) is 0 Å². The average molecular weight is 419 g/mol. The van der Waals surface area contributed by atoms with Gasteiger partial charge in [0.1, 0.15) is 10.6 Å². The standard InChI is InChI=1S/C18H24F3N3O3S/c1-13-15(2-3-16(22-13)18(19,20)21)28(25,26)24-11-17(12-24)9-23(10-17)8-14-4-6-27-7-5-14/h2-3,14H,4-12H2,1H3. The number of ether oxygens (including phenoxy) is 1. The summed E-state index contributed by atoms with van der Waals surface area (Å²) in [4.78, 5) is 5.67. The quantitative estimate of drug-likeness (QED) is 0.748. The largest absolute Gasteiger partial charge is 0.433 e. The van der Waals surface area contributed by atoms with Crippen molar-refractivity contribution in [2.24, 2.45) is 11.3 Å². The number of likely N-dealkylation sites (tertiary alicyclic amines) is 1. The number of alkyl halides is 3. The van der Waals surface area contributed by atoms with Gasteiger partial charge in [-0.15, -0.1) is 0 Å². The topological polar surface area (TPSA) is 62.7 Å². The Labute approximate surface area is 162 Å². The van der Waals surface area contributed by atoms with Crippen molar-refractivity contribution < 1.29 is 26.3 Å². The molecule has 10 heteroatoms. The van der Waals surface area contributed by atoms with Crippen LogP contribution in [-0.2, 0) is 20.9 Å². The summed E-state index contributed by atoms with van der Waals surface area (Å²) in [5, 5.41) is 0. The first-order valence-corrected chi connectivity index (χ1v) is 10.9. The average Bonchev–Trinajstić information content (AvgIpc) is 2.55. The van der Waals surface area contributed by atoms with Gasteiger partial charge in [0, 0.05) is 51.4 Å². The number of rotatable bonds is 4. The Balaban J connectivity index is 1.35. The Hall–Kier alpha value is -1.23. The number of hydrogen-bond acceptors (Lipinski definition) is 5. The number of hydrogen-bond donors (Lipinski definition) is 0. The number of aryl methyl sites for hydroxylation is 1. The lowest BCUT2D eigenvalue weighted by molar-refractivity contribution is -0.141. The maximum atomic E-state index is 12.8. The van der Waals surface area contributed by atoms with E-state index >= 15 is 0 Å². The Morgan fingerprint density at radius 3 is 2.39 bits per heavy atom. The van der Waals surface area contributed by atoms with Crippen LogP contribution >= 0.6 is 0 Å². The fraction of sp³-hybridized carbons (Fsp3) is 0.722. The normalized spacial score (nSPS) is 24.1. The van der Waals surface area contributed by atoms with E-state index in [-0.39, 0.29) is 16.0 Å². The van der Waals surface area contributed by atoms with E-state index in [1.54, 1.807) is 0 Å². The van der Waals surface area contributed by atoms with Gasteiger partial charge in [-0.05, 0) is 37.8 Å². The second-order valence-electron chi connectivity index (χ2n) is 8.28. The molecule has 156 valence electrons. The van der Waals surface area contributed by atoms with Crippen LogP contribution in [0.4, 0.5) is 13.2 Å². The van der Waals surface area contributed by atoms with E-state index in [2.05, 4.69) is 9.88 Å². The summed E-state index contributed by atoms with van der Waals surface area (Å²) in [6, 6.07) is 1.75. The van der Waals surface area contributed by atoms with Crippen molar-refractivity contribution in [2.75, 3.05) is 45.9 Å².